The van der Waals surface area contributed by atoms with Crippen LogP contribution in [-0.2, 0) is 4.79 Å². The summed E-state index contributed by atoms with van der Waals surface area (Å²) in [7, 11) is 0. The summed E-state index contributed by atoms with van der Waals surface area (Å²) in [6.07, 6.45) is 0. The molecule has 96 valence electrons. The van der Waals surface area contributed by atoms with Crippen LogP contribution in [0.2, 0.25) is 0 Å². The number of nitrogens with zero attached hydrogens (tertiary/aromatic N) is 1. The zero-order chi connectivity index (χ0) is 13.3. The summed E-state index contributed by atoms with van der Waals surface area (Å²) in [5.41, 5.74) is -0.0518. The third kappa shape index (κ3) is 2.33. The van der Waals surface area contributed by atoms with Gasteiger partial charge in [0.2, 0.25) is 5.91 Å². The van der Waals surface area contributed by atoms with Crippen LogP contribution in [0.4, 0.5) is 4.39 Å². The molecule has 4 nitrogen and oxygen atoms in total. The second kappa shape index (κ2) is 4.97. The van der Waals surface area contributed by atoms with Crippen LogP contribution in [0, 0.1) is 5.82 Å². The fraction of sp³-hybridized carbons (Fsp3) is 0.333. The zero-order valence-electron chi connectivity index (χ0n) is 9.81. The van der Waals surface area contributed by atoms with Gasteiger partial charge < -0.3 is 10.2 Å². The quantitative estimate of drug-likeness (QED) is 0.749. The van der Waals surface area contributed by atoms with Gasteiger partial charge >= 0.3 is 0 Å². The minimum absolute atomic E-state index is 0.0518. The summed E-state index contributed by atoms with van der Waals surface area (Å²) in [6.45, 7) is 2.38. The zero-order valence-corrected chi connectivity index (χ0v) is 10.7. The number of hydrogen-bond acceptors (Lipinski definition) is 3. The van der Waals surface area contributed by atoms with Gasteiger partial charge in [-0.3, -0.25) is 9.59 Å². The standard InChI is InChI=1S/C12H13FN2O2S/c1-7-11(16)14-4-5-15(7)12(17)9-6-8(18)2-3-10(9)13/h2-3,6-7,18H,4-5H2,1H3,(H,14,16). The Morgan fingerprint density at radius 2 is 2.28 bits per heavy atom. The Labute approximate surface area is 110 Å². The van der Waals surface area contributed by atoms with E-state index in [2.05, 4.69) is 17.9 Å². The number of piperazine rings is 1. The van der Waals surface area contributed by atoms with Gasteiger partial charge in [-0.15, -0.1) is 12.6 Å². The van der Waals surface area contributed by atoms with E-state index in [4.69, 9.17) is 0 Å². The highest BCUT2D eigenvalue weighted by Gasteiger charge is 2.31. The van der Waals surface area contributed by atoms with Gasteiger partial charge in [0.05, 0.1) is 5.56 Å². The van der Waals surface area contributed by atoms with Crippen molar-refractivity contribution in [3.63, 3.8) is 0 Å². The van der Waals surface area contributed by atoms with Crippen LogP contribution in [0.3, 0.4) is 0 Å². The predicted octanol–water partition coefficient (Wildman–Crippen LogP) is 1.07. The van der Waals surface area contributed by atoms with Crippen molar-refractivity contribution >= 4 is 24.4 Å². The van der Waals surface area contributed by atoms with E-state index in [1.807, 2.05) is 0 Å². The van der Waals surface area contributed by atoms with Crippen molar-refractivity contribution in [1.82, 2.24) is 10.2 Å². The monoisotopic (exact) mass is 268 g/mol. The third-order valence-corrected chi connectivity index (χ3v) is 3.22. The molecular weight excluding hydrogens is 255 g/mol. The molecule has 0 aromatic heterocycles. The second-order valence-electron chi connectivity index (χ2n) is 4.13. The lowest BCUT2D eigenvalue weighted by molar-refractivity contribution is -0.127. The molecule has 18 heavy (non-hydrogen) atoms. The fourth-order valence-electron chi connectivity index (χ4n) is 1.89. The number of thiol groups is 1. The number of nitrogens with one attached hydrogen (secondary N) is 1. The molecule has 0 aliphatic carbocycles. The van der Waals surface area contributed by atoms with E-state index in [1.165, 1.54) is 23.1 Å². The molecule has 1 unspecified atom stereocenters. The lowest BCUT2D eigenvalue weighted by atomic mass is 10.1. The first-order valence-electron chi connectivity index (χ1n) is 5.58. The average molecular weight is 268 g/mol. The maximum Gasteiger partial charge on any atom is 0.257 e. The Balaban J connectivity index is 2.30. The molecule has 1 fully saturated rings. The van der Waals surface area contributed by atoms with Crippen molar-refractivity contribution in [1.29, 1.82) is 0 Å². The van der Waals surface area contributed by atoms with E-state index in [0.717, 1.165) is 0 Å². The maximum atomic E-state index is 13.6. The van der Waals surface area contributed by atoms with Crippen LogP contribution in [0.15, 0.2) is 23.1 Å². The molecule has 2 rings (SSSR count). The maximum absolute atomic E-state index is 13.6. The Morgan fingerprint density at radius 3 is 3.00 bits per heavy atom. The highest BCUT2D eigenvalue weighted by molar-refractivity contribution is 7.80. The highest BCUT2D eigenvalue weighted by Crippen LogP contribution is 2.17. The minimum atomic E-state index is -0.601. The number of benzene rings is 1. The van der Waals surface area contributed by atoms with Crippen LogP contribution >= 0.6 is 12.6 Å². The van der Waals surface area contributed by atoms with Crippen LogP contribution in [-0.4, -0.2) is 35.8 Å². The Bertz CT molecular complexity index is 507. The molecule has 1 aromatic rings. The van der Waals surface area contributed by atoms with E-state index in [9.17, 15) is 14.0 Å². The second-order valence-corrected chi connectivity index (χ2v) is 4.65. The van der Waals surface area contributed by atoms with E-state index >= 15 is 0 Å². The molecule has 1 aromatic carbocycles. The predicted molar refractivity (Wildman–Crippen MR) is 67.2 cm³/mol. The van der Waals surface area contributed by atoms with Gasteiger partial charge in [-0.25, -0.2) is 4.39 Å². The largest absolute Gasteiger partial charge is 0.353 e. The van der Waals surface area contributed by atoms with Crippen molar-refractivity contribution in [2.24, 2.45) is 0 Å². The third-order valence-electron chi connectivity index (χ3n) is 2.94. The van der Waals surface area contributed by atoms with Gasteiger partial charge in [-0.05, 0) is 25.1 Å². The highest BCUT2D eigenvalue weighted by atomic mass is 32.1. The number of carbonyl (C=O) groups excluding carboxylic acids is 2. The van der Waals surface area contributed by atoms with Crippen molar-refractivity contribution in [3.8, 4) is 0 Å². The van der Waals surface area contributed by atoms with Crippen LogP contribution in [0.25, 0.3) is 0 Å². The Morgan fingerprint density at radius 1 is 1.56 bits per heavy atom. The van der Waals surface area contributed by atoms with Gasteiger partial charge in [-0.2, -0.15) is 0 Å². The molecule has 0 spiro atoms. The molecule has 1 heterocycles. The number of halogens is 1. The van der Waals surface area contributed by atoms with Crippen molar-refractivity contribution < 1.29 is 14.0 Å². The van der Waals surface area contributed by atoms with Crippen LogP contribution < -0.4 is 5.32 Å². The number of amides is 2. The van der Waals surface area contributed by atoms with Crippen LogP contribution in [0.1, 0.15) is 17.3 Å². The average Bonchev–Trinajstić information content (AvgIpc) is 2.35. The van der Waals surface area contributed by atoms with Gasteiger partial charge in [0.25, 0.3) is 5.91 Å². The molecule has 6 heteroatoms. The first-order chi connectivity index (χ1) is 8.50. The Kier molecular flexibility index (Phi) is 3.56. The molecular formula is C12H13FN2O2S. The lowest BCUT2D eigenvalue weighted by Crippen LogP contribution is -2.55. The molecule has 1 atom stereocenters. The summed E-state index contributed by atoms with van der Waals surface area (Å²) in [5, 5.41) is 2.65. The van der Waals surface area contributed by atoms with Crippen molar-refractivity contribution in [2.75, 3.05) is 13.1 Å². The van der Waals surface area contributed by atoms with Crippen molar-refractivity contribution in [2.45, 2.75) is 17.9 Å². The Hall–Kier alpha value is -1.56. The van der Waals surface area contributed by atoms with Gasteiger partial charge in [0, 0.05) is 18.0 Å². The van der Waals surface area contributed by atoms with Gasteiger partial charge in [0.1, 0.15) is 11.9 Å². The molecule has 1 N–H and O–H groups in total. The molecule has 0 bridgehead atoms. The van der Waals surface area contributed by atoms with E-state index in [0.29, 0.717) is 18.0 Å². The van der Waals surface area contributed by atoms with E-state index < -0.39 is 17.8 Å². The van der Waals surface area contributed by atoms with Crippen LogP contribution in [0.5, 0.6) is 0 Å². The minimum Gasteiger partial charge on any atom is -0.353 e. The summed E-state index contributed by atoms with van der Waals surface area (Å²) >= 11 is 4.08. The molecule has 0 saturated carbocycles. The molecule has 1 aliphatic rings. The number of carbonyl (C=O) groups is 2. The van der Waals surface area contributed by atoms with Gasteiger partial charge in [-0.1, -0.05) is 0 Å². The van der Waals surface area contributed by atoms with Gasteiger partial charge in [0.15, 0.2) is 0 Å². The topological polar surface area (TPSA) is 49.4 Å². The van der Waals surface area contributed by atoms with E-state index in [-0.39, 0.29) is 11.5 Å². The molecule has 1 saturated heterocycles. The summed E-state index contributed by atoms with van der Waals surface area (Å²) < 4.78 is 13.6. The molecule has 0 radical (unpaired) electrons. The smallest absolute Gasteiger partial charge is 0.257 e. The number of rotatable bonds is 1. The SMILES string of the molecule is CC1C(=O)NCCN1C(=O)c1cc(S)ccc1F. The summed E-state index contributed by atoms with van der Waals surface area (Å²) in [5.74, 6) is -1.31. The molecule has 2 amide bonds. The van der Waals surface area contributed by atoms with E-state index in [1.54, 1.807) is 6.92 Å². The van der Waals surface area contributed by atoms with Crippen molar-refractivity contribution in [3.05, 3.63) is 29.6 Å². The summed E-state index contributed by atoms with van der Waals surface area (Å²) in [4.78, 5) is 25.6. The lowest BCUT2D eigenvalue weighted by Gasteiger charge is -2.32. The normalized spacial score (nSPS) is 19.6. The first kappa shape index (κ1) is 12.9. The fourth-order valence-corrected chi connectivity index (χ4v) is 2.10. The number of hydrogen-bond donors (Lipinski definition) is 2. The first-order valence-corrected chi connectivity index (χ1v) is 6.02. The summed E-state index contributed by atoms with van der Waals surface area (Å²) in [6, 6.07) is 3.46. The molecule has 1 aliphatic heterocycles.